The molecule has 5 heteroatoms. The monoisotopic (exact) mass is 246 g/mol. The normalized spacial score (nSPS) is 20.4. The molecule has 5 nitrogen and oxygen atoms in total. The highest BCUT2D eigenvalue weighted by Gasteiger charge is 2.02. The lowest BCUT2D eigenvalue weighted by Crippen LogP contribution is -2.32. The summed E-state index contributed by atoms with van der Waals surface area (Å²) in [6.07, 6.45) is 0. The van der Waals surface area contributed by atoms with Crippen molar-refractivity contribution in [2.24, 2.45) is 0 Å². The molecule has 2 aliphatic heterocycles. The van der Waals surface area contributed by atoms with Crippen molar-refractivity contribution in [2.75, 3.05) is 59.7 Å². The van der Waals surface area contributed by atoms with E-state index < -0.39 is 0 Å². The Balaban J connectivity index is 0.000000236. The van der Waals surface area contributed by atoms with Gasteiger partial charge in [-0.2, -0.15) is 0 Å². The van der Waals surface area contributed by atoms with E-state index in [1.807, 2.05) is 0 Å². The van der Waals surface area contributed by atoms with Crippen molar-refractivity contribution in [2.45, 2.75) is 13.8 Å². The first-order valence-electron chi connectivity index (χ1n) is 6.15. The third kappa shape index (κ3) is 15.5. The average molecular weight is 246 g/mol. The number of hydrogen-bond acceptors (Lipinski definition) is 5. The molecule has 2 fully saturated rings. The summed E-state index contributed by atoms with van der Waals surface area (Å²) in [5.41, 5.74) is 0. The number of rotatable bonds is 0. The van der Waals surface area contributed by atoms with Gasteiger partial charge in [0.1, 0.15) is 5.78 Å². The molecule has 0 unspecified atom stereocenters. The summed E-state index contributed by atoms with van der Waals surface area (Å²) >= 11 is 0. The van der Waals surface area contributed by atoms with Crippen molar-refractivity contribution in [3.05, 3.63) is 0 Å². The Labute approximate surface area is 104 Å². The van der Waals surface area contributed by atoms with Gasteiger partial charge >= 0.3 is 0 Å². The van der Waals surface area contributed by atoms with Crippen LogP contribution in [-0.2, 0) is 14.3 Å². The SMILES string of the molecule is C1COCCN1.CC(C)=O.CN1CCOCC1. The number of morpholine rings is 2. The van der Waals surface area contributed by atoms with E-state index in [-0.39, 0.29) is 5.78 Å². The van der Waals surface area contributed by atoms with Crippen LogP contribution in [-0.4, -0.2) is 70.3 Å². The van der Waals surface area contributed by atoms with E-state index in [4.69, 9.17) is 9.47 Å². The van der Waals surface area contributed by atoms with Crippen molar-refractivity contribution in [3.8, 4) is 0 Å². The summed E-state index contributed by atoms with van der Waals surface area (Å²) < 4.78 is 10.1. The number of Topliss-reactive ketones (excluding diaryl/α,β-unsaturated/α-hetero) is 1. The van der Waals surface area contributed by atoms with E-state index in [2.05, 4.69) is 17.3 Å². The molecular weight excluding hydrogens is 220 g/mol. The molecule has 0 aliphatic carbocycles. The molecule has 0 aromatic heterocycles. The zero-order valence-corrected chi connectivity index (χ0v) is 11.3. The molecule has 2 rings (SSSR count). The number of likely N-dealkylation sites (N-methyl/N-ethyl adjacent to an activating group) is 1. The van der Waals surface area contributed by atoms with Gasteiger partial charge in [-0.25, -0.2) is 0 Å². The van der Waals surface area contributed by atoms with E-state index in [1.165, 1.54) is 13.8 Å². The van der Waals surface area contributed by atoms with Crippen molar-refractivity contribution in [3.63, 3.8) is 0 Å². The molecule has 2 heterocycles. The highest BCUT2D eigenvalue weighted by molar-refractivity contribution is 5.72. The molecule has 0 atom stereocenters. The average Bonchev–Trinajstić information content (AvgIpc) is 2.32. The molecule has 0 aromatic rings. The molecule has 17 heavy (non-hydrogen) atoms. The minimum atomic E-state index is 0.167. The third-order valence-electron chi connectivity index (χ3n) is 2.08. The molecule has 0 saturated carbocycles. The van der Waals surface area contributed by atoms with Crippen LogP contribution in [0.5, 0.6) is 0 Å². The van der Waals surface area contributed by atoms with Gasteiger partial charge in [-0.1, -0.05) is 0 Å². The van der Waals surface area contributed by atoms with Crippen LogP contribution < -0.4 is 5.32 Å². The minimum Gasteiger partial charge on any atom is -0.379 e. The lowest BCUT2D eigenvalue weighted by atomic mass is 10.5. The fourth-order valence-corrected chi connectivity index (χ4v) is 1.17. The standard InChI is InChI=1S/C5H11NO.C4H9NO.C3H6O/c1-6-2-4-7-5-3-6;1-3-6-4-2-5-1;1-3(2)4/h2-5H2,1H3;5H,1-4H2;1-2H3. The second-order valence-corrected chi connectivity index (χ2v) is 4.19. The lowest BCUT2D eigenvalue weighted by molar-refractivity contribution is -0.114. The van der Waals surface area contributed by atoms with Crippen molar-refractivity contribution in [1.29, 1.82) is 0 Å². The molecule has 0 radical (unpaired) electrons. The Kier molecular flexibility index (Phi) is 11.6. The van der Waals surface area contributed by atoms with Gasteiger partial charge < -0.3 is 24.5 Å². The van der Waals surface area contributed by atoms with Crippen LogP contribution in [0.2, 0.25) is 0 Å². The number of carbonyl (C=O) groups excluding carboxylic acids is 1. The van der Waals surface area contributed by atoms with Gasteiger partial charge in [0.25, 0.3) is 0 Å². The van der Waals surface area contributed by atoms with Crippen LogP contribution in [0.15, 0.2) is 0 Å². The van der Waals surface area contributed by atoms with Crippen molar-refractivity contribution < 1.29 is 14.3 Å². The summed E-state index contributed by atoms with van der Waals surface area (Å²) in [7, 11) is 2.11. The van der Waals surface area contributed by atoms with Crippen LogP contribution >= 0.6 is 0 Å². The van der Waals surface area contributed by atoms with Crippen LogP contribution in [0.1, 0.15) is 13.8 Å². The largest absolute Gasteiger partial charge is 0.379 e. The second-order valence-electron chi connectivity index (χ2n) is 4.19. The molecule has 102 valence electrons. The molecule has 2 aliphatic rings. The fourth-order valence-electron chi connectivity index (χ4n) is 1.17. The first kappa shape index (κ1) is 16.5. The summed E-state index contributed by atoms with van der Waals surface area (Å²) in [6, 6.07) is 0. The number of hydrogen-bond donors (Lipinski definition) is 1. The number of nitrogens with one attached hydrogen (secondary N) is 1. The zero-order valence-electron chi connectivity index (χ0n) is 11.3. The maximum Gasteiger partial charge on any atom is 0.126 e. The lowest BCUT2D eigenvalue weighted by Gasteiger charge is -2.21. The molecule has 2 saturated heterocycles. The minimum absolute atomic E-state index is 0.167. The van der Waals surface area contributed by atoms with E-state index in [1.54, 1.807) is 0 Å². The summed E-state index contributed by atoms with van der Waals surface area (Å²) in [5.74, 6) is 0.167. The molecular formula is C12H26N2O3. The zero-order chi connectivity index (χ0) is 12.9. The first-order valence-corrected chi connectivity index (χ1v) is 6.15. The number of ketones is 1. The van der Waals surface area contributed by atoms with Crippen molar-refractivity contribution >= 4 is 5.78 Å². The third-order valence-corrected chi connectivity index (χ3v) is 2.08. The molecule has 0 bridgehead atoms. The van der Waals surface area contributed by atoms with Gasteiger partial charge in [-0.15, -0.1) is 0 Å². The fraction of sp³-hybridized carbons (Fsp3) is 0.917. The Morgan fingerprint density at radius 3 is 1.59 bits per heavy atom. The Bertz CT molecular complexity index is 163. The number of nitrogens with zero attached hydrogens (tertiary/aromatic N) is 1. The molecule has 0 aromatic carbocycles. The predicted molar refractivity (Wildman–Crippen MR) is 68.4 cm³/mol. The number of ether oxygens (including phenoxy) is 2. The van der Waals surface area contributed by atoms with Crippen LogP contribution in [0.25, 0.3) is 0 Å². The summed E-state index contributed by atoms with van der Waals surface area (Å²) in [5, 5.41) is 3.16. The molecule has 1 N–H and O–H groups in total. The Morgan fingerprint density at radius 2 is 1.41 bits per heavy atom. The van der Waals surface area contributed by atoms with Gasteiger partial charge in [-0.3, -0.25) is 0 Å². The van der Waals surface area contributed by atoms with E-state index in [0.29, 0.717) is 0 Å². The van der Waals surface area contributed by atoms with Gasteiger partial charge in [0, 0.05) is 26.2 Å². The highest BCUT2D eigenvalue weighted by Crippen LogP contribution is 1.89. The maximum atomic E-state index is 9.44. The predicted octanol–water partition coefficient (Wildman–Crippen LogP) is 0.150. The number of carbonyl (C=O) groups is 1. The van der Waals surface area contributed by atoms with Gasteiger partial charge in [0.2, 0.25) is 0 Å². The maximum absolute atomic E-state index is 9.44. The Morgan fingerprint density at radius 1 is 1.00 bits per heavy atom. The van der Waals surface area contributed by atoms with Crippen LogP contribution in [0, 0.1) is 0 Å². The van der Waals surface area contributed by atoms with Gasteiger partial charge in [0.15, 0.2) is 0 Å². The van der Waals surface area contributed by atoms with Gasteiger partial charge in [-0.05, 0) is 20.9 Å². The van der Waals surface area contributed by atoms with E-state index in [9.17, 15) is 4.79 Å². The molecule has 0 spiro atoms. The summed E-state index contributed by atoms with van der Waals surface area (Å²) in [6.45, 7) is 10.9. The quantitative estimate of drug-likeness (QED) is 0.659. The smallest absolute Gasteiger partial charge is 0.126 e. The van der Waals surface area contributed by atoms with Crippen LogP contribution in [0.4, 0.5) is 0 Å². The Hall–Kier alpha value is -0.490. The van der Waals surface area contributed by atoms with E-state index in [0.717, 1.165) is 52.6 Å². The van der Waals surface area contributed by atoms with Crippen LogP contribution in [0.3, 0.4) is 0 Å². The van der Waals surface area contributed by atoms with Gasteiger partial charge in [0.05, 0.1) is 26.4 Å². The first-order chi connectivity index (χ1) is 8.13. The molecule has 0 amide bonds. The summed E-state index contributed by atoms with van der Waals surface area (Å²) in [4.78, 5) is 11.7. The van der Waals surface area contributed by atoms with Crippen molar-refractivity contribution in [1.82, 2.24) is 10.2 Å². The van der Waals surface area contributed by atoms with E-state index >= 15 is 0 Å². The second kappa shape index (κ2) is 12.0. The topological polar surface area (TPSA) is 50.8 Å². The highest BCUT2D eigenvalue weighted by atomic mass is 16.5.